The second-order valence-electron chi connectivity index (χ2n) is 6.40. The van der Waals surface area contributed by atoms with Gasteiger partial charge in [0.05, 0.1) is 12.6 Å². The Bertz CT molecular complexity index is 920. The lowest BCUT2D eigenvalue weighted by molar-refractivity contribution is -0.117. The van der Waals surface area contributed by atoms with Crippen molar-refractivity contribution in [3.63, 3.8) is 0 Å². The third-order valence-electron chi connectivity index (χ3n) is 4.77. The number of halogens is 1. The summed E-state index contributed by atoms with van der Waals surface area (Å²) in [5, 5.41) is 7.95. The van der Waals surface area contributed by atoms with Crippen molar-refractivity contribution in [2.45, 2.75) is 19.4 Å². The van der Waals surface area contributed by atoms with Gasteiger partial charge in [-0.1, -0.05) is 23.7 Å². The molecule has 1 amide bonds. The van der Waals surface area contributed by atoms with Crippen molar-refractivity contribution in [3.8, 4) is 0 Å². The van der Waals surface area contributed by atoms with Crippen LogP contribution in [0.3, 0.4) is 0 Å². The van der Waals surface area contributed by atoms with Gasteiger partial charge in [-0.15, -0.1) is 22.7 Å². The predicted octanol–water partition coefficient (Wildman–Crippen LogP) is 5.36. The molecule has 1 N–H and O–H groups in total. The predicted molar refractivity (Wildman–Crippen MR) is 111 cm³/mol. The maximum absolute atomic E-state index is 12.7. The standard InChI is InChI=1S/C20H19ClN2OS2/c1-13-15(21)4-2-5-16(13)22-19(24)12-23-9-7-17-14(8-11-26-17)20(23)18-6-3-10-25-18/h2-6,8,10-11,20H,7,9,12H2,1H3,(H,22,24). The molecule has 0 spiro atoms. The van der Waals surface area contributed by atoms with Crippen LogP contribution >= 0.6 is 34.3 Å². The van der Waals surface area contributed by atoms with Crippen LogP contribution in [-0.2, 0) is 11.2 Å². The highest BCUT2D eigenvalue weighted by atomic mass is 35.5. The minimum atomic E-state index is -0.00407. The maximum atomic E-state index is 12.7. The van der Waals surface area contributed by atoms with Gasteiger partial charge in [-0.05, 0) is 59.5 Å². The van der Waals surface area contributed by atoms with Gasteiger partial charge in [-0.2, -0.15) is 0 Å². The summed E-state index contributed by atoms with van der Waals surface area (Å²) in [6.07, 6.45) is 0.998. The quantitative estimate of drug-likeness (QED) is 0.637. The minimum Gasteiger partial charge on any atom is -0.325 e. The lowest BCUT2D eigenvalue weighted by Gasteiger charge is -2.34. The second kappa shape index (κ2) is 7.53. The number of rotatable bonds is 4. The van der Waals surface area contributed by atoms with Crippen LogP contribution in [0.4, 0.5) is 5.69 Å². The van der Waals surface area contributed by atoms with Crippen molar-refractivity contribution in [3.05, 3.63) is 73.1 Å². The molecular weight excluding hydrogens is 384 g/mol. The number of carbonyl (C=O) groups is 1. The molecule has 0 aliphatic carbocycles. The van der Waals surface area contributed by atoms with E-state index in [4.69, 9.17) is 11.6 Å². The summed E-state index contributed by atoms with van der Waals surface area (Å²) in [6, 6.07) is 12.2. The minimum absolute atomic E-state index is 0.00407. The molecule has 1 aromatic carbocycles. The fourth-order valence-corrected chi connectivity index (χ4v) is 5.39. The Morgan fingerprint density at radius 2 is 2.12 bits per heavy atom. The van der Waals surface area contributed by atoms with Crippen LogP contribution in [0.15, 0.2) is 47.2 Å². The van der Waals surface area contributed by atoms with Gasteiger partial charge in [0.1, 0.15) is 0 Å². The highest BCUT2D eigenvalue weighted by Crippen LogP contribution is 2.39. The number of thiophene rings is 2. The molecule has 1 aliphatic rings. The van der Waals surface area contributed by atoms with Crippen molar-refractivity contribution >= 4 is 45.9 Å². The van der Waals surface area contributed by atoms with Crippen LogP contribution in [0.25, 0.3) is 0 Å². The molecule has 6 heteroatoms. The summed E-state index contributed by atoms with van der Waals surface area (Å²) < 4.78 is 0. The van der Waals surface area contributed by atoms with Crippen LogP contribution < -0.4 is 5.32 Å². The third kappa shape index (κ3) is 3.45. The van der Waals surface area contributed by atoms with Crippen LogP contribution in [0.1, 0.15) is 26.9 Å². The van der Waals surface area contributed by atoms with Gasteiger partial charge in [0.15, 0.2) is 0 Å². The summed E-state index contributed by atoms with van der Waals surface area (Å²) in [5.41, 5.74) is 3.02. The van der Waals surface area contributed by atoms with Crippen molar-refractivity contribution in [1.29, 1.82) is 0 Å². The number of hydrogen-bond acceptors (Lipinski definition) is 4. The largest absolute Gasteiger partial charge is 0.325 e. The first kappa shape index (κ1) is 17.7. The Hall–Kier alpha value is -1.66. The monoisotopic (exact) mass is 402 g/mol. The molecule has 3 aromatic rings. The Kier molecular flexibility index (Phi) is 5.14. The van der Waals surface area contributed by atoms with Gasteiger partial charge in [0.2, 0.25) is 5.91 Å². The van der Waals surface area contributed by atoms with E-state index in [-0.39, 0.29) is 11.9 Å². The topological polar surface area (TPSA) is 32.3 Å². The Labute approximate surface area is 166 Å². The van der Waals surface area contributed by atoms with Crippen molar-refractivity contribution in [2.24, 2.45) is 0 Å². The molecular formula is C20H19ClN2OS2. The average molecular weight is 403 g/mol. The molecule has 26 heavy (non-hydrogen) atoms. The van der Waals surface area contributed by atoms with Crippen molar-refractivity contribution in [2.75, 3.05) is 18.4 Å². The summed E-state index contributed by atoms with van der Waals surface area (Å²) in [4.78, 5) is 17.7. The van der Waals surface area contributed by atoms with E-state index in [1.807, 2.05) is 36.5 Å². The lowest BCUT2D eigenvalue weighted by atomic mass is 9.98. The summed E-state index contributed by atoms with van der Waals surface area (Å²) in [5.74, 6) is -0.00407. The number of anilines is 1. The normalized spacial score (nSPS) is 17.1. The maximum Gasteiger partial charge on any atom is 0.238 e. The number of nitrogens with one attached hydrogen (secondary N) is 1. The molecule has 1 unspecified atom stereocenters. The number of fused-ring (bicyclic) bond motifs is 1. The van der Waals surface area contributed by atoms with Crippen molar-refractivity contribution < 1.29 is 4.79 Å². The molecule has 3 heterocycles. The Morgan fingerprint density at radius 3 is 2.92 bits per heavy atom. The molecule has 1 atom stereocenters. The molecule has 0 bridgehead atoms. The smallest absolute Gasteiger partial charge is 0.238 e. The van der Waals surface area contributed by atoms with Crippen LogP contribution in [0, 0.1) is 6.92 Å². The highest BCUT2D eigenvalue weighted by Gasteiger charge is 2.31. The number of nitrogens with zero attached hydrogens (tertiary/aromatic N) is 1. The molecule has 0 fully saturated rings. The van der Waals surface area contributed by atoms with E-state index in [0.29, 0.717) is 11.6 Å². The van der Waals surface area contributed by atoms with E-state index in [0.717, 1.165) is 24.2 Å². The Balaban J connectivity index is 1.55. The highest BCUT2D eigenvalue weighted by molar-refractivity contribution is 7.10. The number of hydrogen-bond donors (Lipinski definition) is 1. The van der Waals surface area contributed by atoms with Gasteiger partial charge >= 0.3 is 0 Å². The number of carbonyl (C=O) groups excluding carboxylic acids is 1. The van der Waals surface area contributed by atoms with E-state index in [9.17, 15) is 4.79 Å². The van der Waals surface area contributed by atoms with E-state index in [1.54, 1.807) is 11.3 Å². The van der Waals surface area contributed by atoms with Gasteiger partial charge < -0.3 is 5.32 Å². The first-order valence-corrected chi connectivity index (χ1v) is 10.7. The van der Waals surface area contributed by atoms with Crippen LogP contribution in [0.2, 0.25) is 5.02 Å². The van der Waals surface area contributed by atoms with Crippen LogP contribution in [0.5, 0.6) is 0 Å². The molecule has 0 radical (unpaired) electrons. The zero-order chi connectivity index (χ0) is 18.1. The molecule has 1 aliphatic heterocycles. The summed E-state index contributed by atoms with van der Waals surface area (Å²) in [7, 11) is 0. The SMILES string of the molecule is Cc1c(Cl)cccc1NC(=O)CN1CCc2sccc2C1c1cccs1. The molecule has 0 saturated carbocycles. The molecule has 3 nitrogen and oxygen atoms in total. The average Bonchev–Trinajstić information content (AvgIpc) is 3.30. The van der Waals surface area contributed by atoms with Crippen LogP contribution in [-0.4, -0.2) is 23.9 Å². The van der Waals surface area contributed by atoms with E-state index in [1.165, 1.54) is 15.3 Å². The van der Waals surface area contributed by atoms with Gasteiger partial charge in [-0.3, -0.25) is 9.69 Å². The second-order valence-corrected chi connectivity index (χ2v) is 8.79. The number of benzene rings is 1. The van der Waals surface area contributed by atoms with E-state index >= 15 is 0 Å². The van der Waals surface area contributed by atoms with E-state index < -0.39 is 0 Å². The fourth-order valence-electron chi connectivity index (χ4n) is 3.44. The fraction of sp³-hybridized carbons (Fsp3) is 0.250. The van der Waals surface area contributed by atoms with E-state index in [2.05, 4.69) is 39.2 Å². The first-order valence-electron chi connectivity index (χ1n) is 8.52. The van der Waals surface area contributed by atoms with Gasteiger partial charge in [0, 0.05) is 27.0 Å². The summed E-state index contributed by atoms with van der Waals surface area (Å²) >= 11 is 9.73. The molecule has 0 saturated heterocycles. The summed E-state index contributed by atoms with van der Waals surface area (Å²) in [6.45, 7) is 3.17. The zero-order valence-electron chi connectivity index (χ0n) is 14.4. The lowest BCUT2D eigenvalue weighted by Crippen LogP contribution is -2.40. The van der Waals surface area contributed by atoms with Gasteiger partial charge in [0.25, 0.3) is 0 Å². The zero-order valence-corrected chi connectivity index (χ0v) is 16.8. The molecule has 134 valence electrons. The molecule has 4 rings (SSSR count). The number of amides is 1. The molecule has 2 aromatic heterocycles. The third-order valence-corrected chi connectivity index (χ3v) is 7.10. The first-order chi connectivity index (χ1) is 12.6. The Morgan fingerprint density at radius 1 is 1.23 bits per heavy atom. The van der Waals surface area contributed by atoms with Gasteiger partial charge in [-0.25, -0.2) is 0 Å². The van der Waals surface area contributed by atoms with Crippen molar-refractivity contribution in [1.82, 2.24) is 4.90 Å².